The molecule has 1 aromatic heterocycles. The fourth-order valence-corrected chi connectivity index (χ4v) is 8.72. The van der Waals surface area contributed by atoms with Gasteiger partial charge in [0.1, 0.15) is 0 Å². The number of hydrogen-bond acceptors (Lipinski definition) is 4. The highest BCUT2D eigenvalue weighted by molar-refractivity contribution is 6.25. The van der Waals surface area contributed by atoms with Crippen molar-refractivity contribution < 1.29 is 0 Å². The van der Waals surface area contributed by atoms with Crippen LogP contribution in [-0.2, 0) is 0 Å². The Kier molecular flexibility index (Phi) is 8.50. The summed E-state index contributed by atoms with van der Waals surface area (Å²) in [5.41, 5.74) is 10.2. The highest BCUT2D eigenvalue weighted by Crippen LogP contribution is 2.44. The minimum atomic E-state index is 0.626. The van der Waals surface area contributed by atoms with E-state index in [9.17, 15) is 5.26 Å². The van der Waals surface area contributed by atoms with Crippen molar-refractivity contribution in [3.05, 3.63) is 212 Å². The molecule has 0 aliphatic carbocycles. The highest BCUT2D eigenvalue weighted by atomic mass is 15.0. The Morgan fingerprint density at radius 3 is 1.25 bits per heavy atom. The number of hydrogen-bond donors (Lipinski definition) is 0. The molecule has 60 heavy (non-hydrogen) atoms. The molecule has 10 aromatic carbocycles. The summed E-state index contributed by atoms with van der Waals surface area (Å²) in [6.45, 7) is 0. The van der Waals surface area contributed by atoms with Crippen LogP contribution >= 0.6 is 0 Å². The van der Waals surface area contributed by atoms with Gasteiger partial charge in [-0.2, -0.15) is 5.26 Å². The number of nitriles is 1. The molecule has 0 N–H and O–H groups in total. The number of rotatable bonds is 6. The van der Waals surface area contributed by atoms with Crippen molar-refractivity contribution in [1.29, 1.82) is 5.26 Å². The van der Waals surface area contributed by atoms with Crippen molar-refractivity contribution in [2.24, 2.45) is 0 Å². The lowest BCUT2D eigenvalue weighted by Gasteiger charge is -2.18. The van der Waals surface area contributed by atoms with Crippen LogP contribution in [0.2, 0.25) is 0 Å². The van der Waals surface area contributed by atoms with Crippen molar-refractivity contribution >= 4 is 43.1 Å². The number of benzene rings is 10. The van der Waals surface area contributed by atoms with Gasteiger partial charge in [-0.1, -0.05) is 176 Å². The molecule has 0 aliphatic rings. The Morgan fingerprint density at radius 1 is 0.267 bits per heavy atom. The molecule has 0 amide bonds. The maximum absolute atomic E-state index is 9.72. The summed E-state index contributed by atoms with van der Waals surface area (Å²) in [4.78, 5) is 15.0. The standard InChI is InChI=1S/C56H34N4/c57-35-36-15-13-20-39(31-36)50-33-52-48-28-12-11-27-47(48)51(34-53(52)46-26-10-9-25-45(46)50)49-30-29-42(43-23-7-8-24-44(43)49)40-21-14-22-41(32-40)56-59-54(37-16-3-1-4-17-37)58-55(60-56)38-18-5-2-6-19-38/h1-34H. The average Bonchev–Trinajstić information content (AvgIpc) is 3.33. The number of aromatic nitrogens is 3. The first kappa shape index (κ1) is 34.9. The smallest absolute Gasteiger partial charge is 0.164 e. The van der Waals surface area contributed by atoms with Gasteiger partial charge >= 0.3 is 0 Å². The Morgan fingerprint density at radius 2 is 0.667 bits per heavy atom. The molecule has 4 nitrogen and oxygen atoms in total. The lowest BCUT2D eigenvalue weighted by Crippen LogP contribution is -2.00. The summed E-state index contributed by atoms with van der Waals surface area (Å²) >= 11 is 0. The fourth-order valence-electron chi connectivity index (χ4n) is 8.72. The second-order valence-electron chi connectivity index (χ2n) is 15.1. The summed E-state index contributed by atoms with van der Waals surface area (Å²) in [6, 6.07) is 74.3. The molecule has 0 saturated heterocycles. The van der Waals surface area contributed by atoms with E-state index in [-0.39, 0.29) is 0 Å². The maximum Gasteiger partial charge on any atom is 0.164 e. The van der Waals surface area contributed by atoms with Crippen molar-refractivity contribution in [2.75, 3.05) is 0 Å². The van der Waals surface area contributed by atoms with E-state index in [4.69, 9.17) is 15.0 Å². The van der Waals surface area contributed by atoms with Crippen LogP contribution in [0.25, 0.3) is 111 Å². The zero-order chi connectivity index (χ0) is 40.0. The third-order valence-electron chi connectivity index (χ3n) is 11.5. The van der Waals surface area contributed by atoms with E-state index in [2.05, 4.69) is 133 Å². The Hall–Kier alpha value is -8.26. The Labute approximate surface area is 347 Å². The van der Waals surface area contributed by atoms with Crippen LogP contribution in [-0.4, -0.2) is 15.0 Å². The molecule has 0 unspecified atom stereocenters. The van der Waals surface area contributed by atoms with Crippen molar-refractivity contribution in [3.8, 4) is 73.6 Å². The van der Waals surface area contributed by atoms with E-state index in [0.717, 1.165) is 44.3 Å². The lowest BCUT2D eigenvalue weighted by molar-refractivity contribution is 1.07. The first-order chi connectivity index (χ1) is 29.7. The molecule has 278 valence electrons. The summed E-state index contributed by atoms with van der Waals surface area (Å²) in [6.07, 6.45) is 0. The molecule has 0 radical (unpaired) electrons. The molecule has 11 rings (SSSR count). The first-order valence-corrected chi connectivity index (χ1v) is 20.1. The van der Waals surface area contributed by atoms with E-state index < -0.39 is 0 Å². The molecule has 1 heterocycles. The van der Waals surface area contributed by atoms with Gasteiger partial charge in [-0.3, -0.25) is 0 Å². The number of nitrogens with zero attached hydrogens (tertiary/aromatic N) is 4. The maximum atomic E-state index is 9.72. The van der Waals surface area contributed by atoms with Gasteiger partial charge in [0.2, 0.25) is 0 Å². The van der Waals surface area contributed by atoms with Crippen molar-refractivity contribution in [1.82, 2.24) is 15.0 Å². The largest absolute Gasteiger partial charge is 0.208 e. The van der Waals surface area contributed by atoms with E-state index >= 15 is 0 Å². The van der Waals surface area contributed by atoms with Gasteiger partial charge in [-0.05, 0) is 107 Å². The summed E-state index contributed by atoms with van der Waals surface area (Å²) in [5.74, 6) is 1.90. The molecule has 0 aliphatic heterocycles. The van der Waals surface area contributed by atoms with Crippen LogP contribution in [0.5, 0.6) is 0 Å². The van der Waals surface area contributed by atoms with Crippen LogP contribution < -0.4 is 0 Å². The molecular weight excluding hydrogens is 729 g/mol. The van der Waals surface area contributed by atoms with E-state index in [0.29, 0.717) is 23.0 Å². The Bertz CT molecular complexity index is 3440. The molecule has 0 atom stereocenters. The van der Waals surface area contributed by atoms with Gasteiger partial charge in [0.15, 0.2) is 17.5 Å². The third kappa shape index (κ3) is 6.05. The predicted octanol–water partition coefficient (Wildman–Crippen LogP) is 14.4. The summed E-state index contributed by atoms with van der Waals surface area (Å²) < 4.78 is 0. The average molecular weight is 763 g/mol. The minimum Gasteiger partial charge on any atom is -0.208 e. The van der Waals surface area contributed by atoms with E-state index in [1.165, 1.54) is 48.8 Å². The quantitative estimate of drug-likeness (QED) is 0.158. The summed E-state index contributed by atoms with van der Waals surface area (Å²) in [5, 5.41) is 19.2. The SMILES string of the molecule is N#Cc1cccc(-c2cc3c4ccccc4c(-c4ccc(-c5cccc(-c6nc(-c7ccccc7)nc(-c7ccccc7)n6)c5)c5ccccc45)cc3c3ccccc23)c1. The molecule has 0 saturated carbocycles. The van der Waals surface area contributed by atoms with Crippen LogP contribution in [0, 0.1) is 11.3 Å². The van der Waals surface area contributed by atoms with Gasteiger partial charge in [0, 0.05) is 16.7 Å². The third-order valence-corrected chi connectivity index (χ3v) is 11.5. The van der Waals surface area contributed by atoms with E-state index in [1.807, 2.05) is 78.9 Å². The second-order valence-corrected chi connectivity index (χ2v) is 15.1. The minimum absolute atomic E-state index is 0.626. The molecule has 0 fully saturated rings. The normalized spacial score (nSPS) is 11.3. The van der Waals surface area contributed by atoms with Gasteiger partial charge in [-0.15, -0.1) is 0 Å². The number of fused-ring (bicyclic) bond motifs is 6. The van der Waals surface area contributed by atoms with Crippen molar-refractivity contribution in [3.63, 3.8) is 0 Å². The van der Waals surface area contributed by atoms with Crippen LogP contribution in [0.4, 0.5) is 0 Å². The fraction of sp³-hybridized carbons (Fsp3) is 0. The topological polar surface area (TPSA) is 62.5 Å². The molecular formula is C56H34N4. The zero-order valence-electron chi connectivity index (χ0n) is 32.4. The molecule has 4 heteroatoms. The van der Waals surface area contributed by atoms with Crippen molar-refractivity contribution in [2.45, 2.75) is 0 Å². The predicted molar refractivity (Wildman–Crippen MR) is 247 cm³/mol. The second kappa shape index (κ2) is 14.6. The van der Waals surface area contributed by atoms with Gasteiger partial charge in [-0.25, -0.2) is 15.0 Å². The molecule has 11 aromatic rings. The van der Waals surface area contributed by atoms with E-state index in [1.54, 1.807) is 0 Å². The molecule has 0 bridgehead atoms. The van der Waals surface area contributed by atoms with Gasteiger partial charge in [0.05, 0.1) is 11.6 Å². The Balaban J connectivity index is 1.08. The first-order valence-electron chi connectivity index (χ1n) is 20.1. The van der Waals surface area contributed by atoms with Crippen LogP contribution in [0.1, 0.15) is 5.56 Å². The monoisotopic (exact) mass is 762 g/mol. The van der Waals surface area contributed by atoms with Gasteiger partial charge in [0.25, 0.3) is 0 Å². The summed E-state index contributed by atoms with van der Waals surface area (Å²) in [7, 11) is 0. The lowest BCUT2D eigenvalue weighted by atomic mass is 9.85. The molecule has 0 spiro atoms. The zero-order valence-corrected chi connectivity index (χ0v) is 32.4. The van der Waals surface area contributed by atoms with Gasteiger partial charge < -0.3 is 0 Å². The highest BCUT2D eigenvalue weighted by Gasteiger charge is 2.18. The van der Waals surface area contributed by atoms with Crippen LogP contribution in [0.15, 0.2) is 206 Å². The van der Waals surface area contributed by atoms with Crippen LogP contribution in [0.3, 0.4) is 0 Å².